The SMILES string of the molecule is CC(Cc1ccc(F)cc1)C(=O)N1CCC(CN2CCNC2=O)CC1. The van der Waals surface area contributed by atoms with Gasteiger partial charge in [0.2, 0.25) is 5.91 Å². The Morgan fingerprint density at radius 3 is 2.52 bits per heavy atom. The zero-order valence-electron chi connectivity index (χ0n) is 14.7. The van der Waals surface area contributed by atoms with Crippen LogP contribution in [0, 0.1) is 17.7 Å². The quantitative estimate of drug-likeness (QED) is 0.888. The van der Waals surface area contributed by atoms with Crippen LogP contribution in [0.1, 0.15) is 25.3 Å². The normalized spacial score (nSPS) is 19.8. The van der Waals surface area contributed by atoms with Gasteiger partial charge in [-0.05, 0) is 42.9 Å². The number of nitrogens with one attached hydrogen (secondary N) is 1. The molecule has 1 N–H and O–H groups in total. The number of benzene rings is 1. The van der Waals surface area contributed by atoms with Crippen LogP contribution in [0.5, 0.6) is 0 Å². The van der Waals surface area contributed by atoms with E-state index in [9.17, 15) is 14.0 Å². The largest absolute Gasteiger partial charge is 0.342 e. The molecular formula is C19H26FN3O2. The van der Waals surface area contributed by atoms with Crippen molar-refractivity contribution in [3.8, 4) is 0 Å². The summed E-state index contributed by atoms with van der Waals surface area (Å²) in [6.45, 7) is 5.76. The molecule has 0 aromatic heterocycles. The number of urea groups is 1. The summed E-state index contributed by atoms with van der Waals surface area (Å²) in [5, 5.41) is 2.83. The van der Waals surface area contributed by atoms with Gasteiger partial charge in [-0.15, -0.1) is 0 Å². The number of hydrogen-bond donors (Lipinski definition) is 1. The summed E-state index contributed by atoms with van der Waals surface area (Å²) in [6, 6.07) is 6.39. The van der Waals surface area contributed by atoms with Gasteiger partial charge in [-0.2, -0.15) is 0 Å². The molecule has 2 aliphatic heterocycles. The second-order valence-corrected chi connectivity index (χ2v) is 7.18. The molecule has 2 heterocycles. The Morgan fingerprint density at radius 1 is 1.24 bits per heavy atom. The van der Waals surface area contributed by atoms with Crippen molar-refractivity contribution in [2.45, 2.75) is 26.2 Å². The molecule has 136 valence electrons. The van der Waals surface area contributed by atoms with Crippen molar-refractivity contribution in [2.24, 2.45) is 11.8 Å². The van der Waals surface area contributed by atoms with Crippen LogP contribution in [0.4, 0.5) is 9.18 Å². The van der Waals surface area contributed by atoms with Crippen LogP contribution in [0.15, 0.2) is 24.3 Å². The fourth-order valence-electron chi connectivity index (χ4n) is 3.71. The highest BCUT2D eigenvalue weighted by Gasteiger charge is 2.29. The lowest BCUT2D eigenvalue weighted by molar-refractivity contribution is -0.136. The van der Waals surface area contributed by atoms with Crippen molar-refractivity contribution >= 4 is 11.9 Å². The minimum Gasteiger partial charge on any atom is -0.342 e. The van der Waals surface area contributed by atoms with Crippen molar-refractivity contribution in [3.63, 3.8) is 0 Å². The molecule has 2 saturated heterocycles. The first-order chi connectivity index (χ1) is 12.0. The number of carbonyl (C=O) groups is 2. The van der Waals surface area contributed by atoms with Crippen LogP contribution in [0.2, 0.25) is 0 Å². The Morgan fingerprint density at radius 2 is 1.92 bits per heavy atom. The smallest absolute Gasteiger partial charge is 0.317 e. The zero-order chi connectivity index (χ0) is 17.8. The van der Waals surface area contributed by atoms with Gasteiger partial charge in [0, 0.05) is 38.6 Å². The van der Waals surface area contributed by atoms with Gasteiger partial charge in [0.05, 0.1) is 0 Å². The van der Waals surface area contributed by atoms with Crippen molar-refractivity contribution < 1.29 is 14.0 Å². The van der Waals surface area contributed by atoms with Gasteiger partial charge in [-0.3, -0.25) is 4.79 Å². The highest BCUT2D eigenvalue weighted by Crippen LogP contribution is 2.21. The third kappa shape index (κ3) is 4.50. The summed E-state index contributed by atoms with van der Waals surface area (Å²) < 4.78 is 13.0. The van der Waals surface area contributed by atoms with Gasteiger partial charge in [-0.25, -0.2) is 9.18 Å². The number of carbonyl (C=O) groups excluding carboxylic acids is 2. The highest BCUT2D eigenvalue weighted by molar-refractivity contribution is 5.79. The molecule has 6 heteroatoms. The number of nitrogens with zero attached hydrogens (tertiary/aromatic N) is 2. The van der Waals surface area contributed by atoms with E-state index in [1.807, 2.05) is 16.7 Å². The highest BCUT2D eigenvalue weighted by atomic mass is 19.1. The Bertz CT molecular complexity index is 612. The number of likely N-dealkylation sites (tertiary alicyclic amines) is 1. The van der Waals surface area contributed by atoms with Crippen molar-refractivity contribution in [1.82, 2.24) is 15.1 Å². The Kier molecular flexibility index (Phi) is 5.56. The van der Waals surface area contributed by atoms with Gasteiger partial charge in [0.15, 0.2) is 0 Å². The average Bonchev–Trinajstić information content (AvgIpc) is 3.02. The van der Waals surface area contributed by atoms with Gasteiger partial charge < -0.3 is 15.1 Å². The molecule has 2 aliphatic rings. The molecule has 0 aliphatic carbocycles. The maximum atomic E-state index is 13.0. The number of amides is 3. The van der Waals surface area contributed by atoms with Crippen LogP contribution in [-0.4, -0.2) is 54.5 Å². The molecule has 0 spiro atoms. The Labute approximate surface area is 148 Å². The van der Waals surface area contributed by atoms with Crippen LogP contribution in [0.25, 0.3) is 0 Å². The van der Waals surface area contributed by atoms with E-state index >= 15 is 0 Å². The molecule has 0 saturated carbocycles. The number of hydrogen-bond acceptors (Lipinski definition) is 2. The van der Waals surface area contributed by atoms with Gasteiger partial charge in [-0.1, -0.05) is 19.1 Å². The van der Waals surface area contributed by atoms with Gasteiger partial charge >= 0.3 is 6.03 Å². The van der Waals surface area contributed by atoms with Gasteiger partial charge in [0.25, 0.3) is 0 Å². The van der Waals surface area contributed by atoms with Gasteiger partial charge in [0.1, 0.15) is 5.82 Å². The molecule has 0 radical (unpaired) electrons. The minimum atomic E-state index is -0.253. The van der Waals surface area contributed by atoms with E-state index in [1.165, 1.54) is 12.1 Å². The summed E-state index contributed by atoms with van der Waals surface area (Å²) in [5.41, 5.74) is 0.984. The topological polar surface area (TPSA) is 52.7 Å². The molecule has 2 fully saturated rings. The van der Waals surface area contributed by atoms with E-state index < -0.39 is 0 Å². The molecular weight excluding hydrogens is 321 g/mol. The van der Waals surface area contributed by atoms with Crippen LogP contribution in [0.3, 0.4) is 0 Å². The second kappa shape index (κ2) is 7.85. The van der Waals surface area contributed by atoms with E-state index in [-0.39, 0.29) is 23.7 Å². The van der Waals surface area contributed by atoms with Crippen LogP contribution < -0.4 is 5.32 Å². The summed E-state index contributed by atoms with van der Waals surface area (Å²) in [6.07, 6.45) is 2.52. The maximum Gasteiger partial charge on any atom is 0.317 e. The first kappa shape index (κ1) is 17.7. The summed E-state index contributed by atoms with van der Waals surface area (Å²) in [7, 11) is 0. The predicted molar refractivity (Wildman–Crippen MR) is 93.5 cm³/mol. The first-order valence-electron chi connectivity index (χ1n) is 9.09. The summed E-state index contributed by atoms with van der Waals surface area (Å²) in [4.78, 5) is 28.1. The van der Waals surface area contributed by atoms with Crippen LogP contribution in [-0.2, 0) is 11.2 Å². The Hall–Kier alpha value is -2.11. The summed E-state index contributed by atoms with van der Waals surface area (Å²) >= 11 is 0. The second-order valence-electron chi connectivity index (χ2n) is 7.18. The molecule has 25 heavy (non-hydrogen) atoms. The van der Waals surface area contributed by atoms with E-state index in [4.69, 9.17) is 0 Å². The van der Waals surface area contributed by atoms with E-state index in [1.54, 1.807) is 12.1 Å². The lowest BCUT2D eigenvalue weighted by Gasteiger charge is -2.35. The molecule has 0 bridgehead atoms. The first-order valence-corrected chi connectivity index (χ1v) is 9.09. The molecule has 1 unspecified atom stereocenters. The average molecular weight is 347 g/mol. The zero-order valence-corrected chi connectivity index (χ0v) is 14.7. The van der Waals surface area contributed by atoms with E-state index in [2.05, 4.69) is 5.32 Å². The van der Waals surface area contributed by atoms with E-state index in [0.29, 0.717) is 12.3 Å². The third-order valence-corrected chi connectivity index (χ3v) is 5.23. The number of piperidine rings is 1. The standard InChI is InChI=1S/C19H26FN3O2/c1-14(12-15-2-4-17(20)5-3-15)18(24)22-9-6-16(7-10-22)13-23-11-8-21-19(23)25/h2-5,14,16H,6-13H2,1H3,(H,21,25). The van der Waals surface area contributed by atoms with E-state index in [0.717, 1.165) is 51.1 Å². The molecule has 1 aromatic rings. The number of halogens is 1. The molecule has 1 aromatic carbocycles. The summed E-state index contributed by atoms with van der Waals surface area (Å²) in [5.74, 6) is 0.282. The predicted octanol–water partition coefficient (Wildman–Crippen LogP) is 2.27. The molecule has 3 rings (SSSR count). The minimum absolute atomic E-state index is 0.0337. The molecule has 1 atom stereocenters. The molecule has 3 amide bonds. The van der Waals surface area contributed by atoms with Crippen LogP contribution >= 0.6 is 0 Å². The lowest BCUT2D eigenvalue weighted by atomic mass is 9.94. The third-order valence-electron chi connectivity index (χ3n) is 5.23. The van der Waals surface area contributed by atoms with Crippen molar-refractivity contribution in [3.05, 3.63) is 35.6 Å². The van der Waals surface area contributed by atoms with Crippen molar-refractivity contribution in [1.29, 1.82) is 0 Å². The molecule has 5 nitrogen and oxygen atoms in total. The maximum absolute atomic E-state index is 13.0. The Balaban J connectivity index is 1.45. The fraction of sp³-hybridized carbons (Fsp3) is 0.579. The monoisotopic (exact) mass is 347 g/mol. The lowest BCUT2D eigenvalue weighted by Crippen LogP contribution is -2.44. The fourth-order valence-corrected chi connectivity index (χ4v) is 3.71. The van der Waals surface area contributed by atoms with Crippen molar-refractivity contribution in [2.75, 3.05) is 32.7 Å². The number of rotatable bonds is 5.